The number of hydrogen-bond acceptors (Lipinski definition) is 6. The van der Waals surface area contributed by atoms with Crippen LogP contribution in [0.2, 0.25) is 0 Å². The summed E-state index contributed by atoms with van der Waals surface area (Å²) in [7, 11) is 1.42. The fourth-order valence-electron chi connectivity index (χ4n) is 5.03. The minimum atomic E-state index is -1.35. The molecule has 35 heavy (non-hydrogen) atoms. The summed E-state index contributed by atoms with van der Waals surface area (Å²) in [5, 5.41) is 9.49. The molecular weight excluding hydrogens is 455 g/mol. The lowest BCUT2D eigenvalue weighted by Crippen LogP contribution is -2.58. The standard InChI is InChI=1S/C25H33FN4O5/c1-13(2)9-19(27)24(32)29-8-7-28(11-14(29)3)21-18(26)10-16-20(23(21)35-4)30(15-5-6-15)12-17(22(16)31)25(33)34/h10,12-15,19H,5-9,11,27H2,1-4H3,(H,33,34). The molecule has 2 unspecified atom stereocenters. The van der Waals surface area contributed by atoms with Crippen molar-refractivity contribution in [3.63, 3.8) is 0 Å². The van der Waals surface area contributed by atoms with E-state index in [9.17, 15) is 19.5 Å². The number of amides is 1. The summed E-state index contributed by atoms with van der Waals surface area (Å²) in [5.41, 5.74) is 5.60. The minimum Gasteiger partial charge on any atom is -0.492 e. The number of carboxylic acid groups (broad SMARTS) is 1. The summed E-state index contributed by atoms with van der Waals surface area (Å²) in [6, 6.07) is 0.350. The van der Waals surface area contributed by atoms with Gasteiger partial charge in [-0.3, -0.25) is 9.59 Å². The van der Waals surface area contributed by atoms with Gasteiger partial charge in [-0.05, 0) is 38.2 Å². The van der Waals surface area contributed by atoms with Crippen LogP contribution in [0, 0.1) is 11.7 Å². The van der Waals surface area contributed by atoms with Crippen molar-refractivity contribution in [2.24, 2.45) is 11.7 Å². The molecule has 2 aliphatic rings. The number of carboxylic acids is 1. The van der Waals surface area contributed by atoms with Crippen molar-refractivity contribution >= 4 is 28.5 Å². The Hall–Kier alpha value is -3.14. The first-order chi connectivity index (χ1) is 16.5. The summed E-state index contributed by atoms with van der Waals surface area (Å²) in [6.07, 6.45) is 3.60. The Balaban J connectivity index is 1.74. The van der Waals surface area contributed by atoms with Gasteiger partial charge in [0.15, 0.2) is 11.6 Å². The molecule has 0 radical (unpaired) electrons. The van der Waals surface area contributed by atoms with E-state index < -0.39 is 28.8 Å². The number of methoxy groups -OCH3 is 1. The van der Waals surface area contributed by atoms with Crippen molar-refractivity contribution in [2.45, 2.75) is 58.2 Å². The second-order valence-corrected chi connectivity index (χ2v) is 10.0. The monoisotopic (exact) mass is 488 g/mol. The van der Waals surface area contributed by atoms with Crippen molar-refractivity contribution < 1.29 is 23.8 Å². The molecule has 10 heteroatoms. The van der Waals surface area contributed by atoms with E-state index in [4.69, 9.17) is 10.5 Å². The number of halogens is 1. The van der Waals surface area contributed by atoms with Crippen molar-refractivity contribution in [1.29, 1.82) is 0 Å². The molecule has 1 amide bonds. The average molecular weight is 489 g/mol. The molecule has 2 heterocycles. The number of aromatic nitrogens is 1. The second-order valence-electron chi connectivity index (χ2n) is 10.0. The van der Waals surface area contributed by atoms with Crippen molar-refractivity contribution in [3.05, 3.63) is 33.9 Å². The number of fused-ring (bicyclic) bond motifs is 1. The van der Waals surface area contributed by atoms with Gasteiger partial charge in [0, 0.05) is 37.9 Å². The number of benzene rings is 1. The van der Waals surface area contributed by atoms with Crippen molar-refractivity contribution in [1.82, 2.24) is 9.47 Å². The highest BCUT2D eigenvalue weighted by Crippen LogP contribution is 2.44. The number of ether oxygens (including phenoxy) is 1. The lowest BCUT2D eigenvalue weighted by Gasteiger charge is -2.42. The number of aromatic carboxylic acids is 1. The van der Waals surface area contributed by atoms with Gasteiger partial charge in [-0.1, -0.05) is 13.8 Å². The van der Waals surface area contributed by atoms with Gasteiger partial charge in [0.2, 0.25) is 11.3 Å². The predicted octanol–water partition coefficient (Wildman–Crippen LogP) is 2.59. The third kappa shape index (κ3) is 4.59. The molecule has 190 valence electrons. The zero-order chi connectivity index (χ0) is 25.6. The Labute approximate surface area is 203 Å². The molecular formula is C25H33FN4O5. The first-order valence-electron chi connectivity index (χ1n) is 12.0. The average Bonchev–Trinajstić information content (AvgIpc) is 3.63. The molecule has 1 aromatic carbocycles. The van der Waals surface area contributed by atoms with Crippen LogP contribution in [0.25, 0.3) is 10.9 Å². The van der Waals surface area contributed by atoms with E-state index in [1.807, 2.05) is 25.7 Å². The number of rotatable bonds is 7. The Morgan fingerprint density at radius 2 is 1.97 bits per heavy atom. The number of anilines is 1. The van der Waals surface area contributed by atoms with Crippen molar-refractivity contribution in [2.75, 3.05) is 31.6 Å². The van der Waals surface area contributed by atoms with Gasteiger partial charge >= 0.3 is 5.97 Å². The van der Waals surface area contributed by atoms with Crippen LogP contribution in [-0.2, 0) is 4.79 Å². The fraction of sp³-hybridized carbons (Fsp3) is 0.560. The van der Waals surface area contributed by atoms with Crippen LogP contribution < -0.4 is 20.8 Å². The maximum Gasteiger partial charge on any atom is 0.341 e. The predicted molar refractivity (Wildman–Crippen MR) is 131 cm³/mol. The first-order valence-corrected chi connectivity index (χ1v) is 12.0. The normalized spacial score (nSPS) is 19.3. The van der Waals surface area contributed by atoms with Crippen LogP contribution in [0.1, 0.15) is 56.4 Å². The van der Waals surface area contributed by atoms with Crippen LogP contribution >= 0.6 is 0 Å². The number of carbonyl (C=O) groups excluding carboxylic acids is 1. The highest BCUT2D eigenvalue weighted by Gasteiger charge is 2.35. The van der Waals surface area contributed by atoms with E-state index in [0.29, 0.717) is 37.5 Å². The third-order valence-corrected chi connectivity index (χ3v) is 6.84. The molecule has 2 aromatic rings. The van der Waals surface area contributed by atoms with Gasteiger partial charge < -0.3 is 29.9 Å². The molecule has 9 nitrogen and oxygen atoms in total. The molecule has 4 rings (SSSR count). The maximum atomic E-state index is 15.5. The van der Waals surface area contributed by atoms with Crippen LogP contribution in [-0.4, -0.2) is 65.3 Å². The van der Waals surface area contributed by atoms with Gasteiger partial charge in [-0.2, -0.15) is 0 Å². The lowest BCUT2D eigenvalue weighted by atomic mass is 10.0. The zero-order valence-electron chi connectivity index (χ0n) is 20.6. The van der Waals surface area contributed by atoms with E-state index in [2.05, 4.69) is 0 Å². The highest BCUT2D eigenvalue weighted by atomic mass is 19.1. The molecule has 1 saturated heterocycles. The van der Waals surface area contributed by atoms with E-state index in [-0.39, 0.29) is 34.8 Å². The number of hydrogen-bond donors (Lipinski definition) is 2. The Morgan fingerprint density at radius 3 is 2.51 bits per heavy atom. The molecule has 1 saturated carbocycles. The highest BCUT2D eigenvalue weighted by molar-refractivity contribution is 5.97. The second kappa shape index (κ2) is 9.49. The molecule has 2 atom stereocenters. The summed E-state index contributed by atoms with van der Waals surface area (Å²) in [6.45, 7) is 7.04. The molecule has 0 bridgehead atoms. The molecule has 1 aliphatic carbocycles. The Kier molecular flexibility index (Phi) is 6.77. The number of carbonyl (C=O) groups is 2. The molecule has 2 fully saturated rings. The SMILES string of the molecule is COc1c(N2CCN(C(=O)C(N)CC(C)C)C(C)C2)c(F)cc2c(=O)c(C(=O)O)cn(C3CC3)c12. The van der Waals surface area contributed by atoms with E-state index in [1.165, 1.54) is 13.3 Å². The number of nitrogens with zero attached hydrogens (tertiary/aromatic N) is 3. The van der Waals surface area contributed by atoms with Gasteiger partial charge in [0.1, 0.15) is 11.3 Å². The number of piperazine rings is 1. The van der Waals surface area contributed by atoms with Crippen LogP contribution in [0.3, 0.4) is 0 Å². The van der Waals surface area contributed by atoms with Crippen LogP contribution in [0.4, 0.5) is 10.1 Å². The summed E-state index contributed by atoms with van der Waals surface area (Å²) in [4.78, 5) is 41.0. The number of nitrogens with two attached hydrogens (primary N) is 1. The molecule has 1 aliphatic heterocycles. The smallest absolute Gasteiger partial charge is 0.341 e. The number of pyridine rings is 1. The van der Waals surface area contributed by atoms with Gasteiger partial charge in [0.05, 0.1) is 24.1 Å². The fourth-order valence-corrected chi connectivity index (χ4v) is 5.03. The van der Waals surface area contributed by atoms with Gasteiger partial charge in [0.25, 0.3) is 0 Å². The van der Waals surface area contributed by atoms with Crippen molar-refractivity contribution in [3.8, 4) is 5.75 Å². The molecule has 0 spiro atoms. The third-order valence-electron chi connectivity index (χ3n) is 6.84. The van der Waals surface area contributed by atoms with Crippen LogP contribution in [0.5, 0.6) is 5.75 Å². The summed E-state index contributed by atoms with van der Waals surface area (Å²) >= 11 is 0. The van der Waals surface area contributed by atoms with Gasteiger partial charge in [-0.15, -0.1) is 0 Å². The molecule has 3 N–H and O–H groups in total. The largest absolute Gasteiger partial charge is 0.492 e. The first kappa shape index (κ1) is 25.0. The Bertz CT molecular complexity index is 1220. The maximum absolute atomic E-state index is 15.5. The van der Waals surface area contributed by atoms with E-state index >= 15 is 4.39 Å². The summed E-state index contributed by atoms with van der Waals surface area (Å²) < 4.78 is 23.0. The molecule has 1 aromatic heterocycles. The van der Waals surface area contributed by atoms with E-state index in [0.717, 1.165) is 18.9 Å². The van der Waals surface area contributed by atoms with Crippen LogP contribution in [0.15, 0.2) is 17.1 Å². The lowest BCUT2D eigenvalue weighted by molar-refractivity contribution is -0.135. The Morgan fingerprint density at radius 1 is 1.29 bits per heavy atom. The van der Waals surface area contributed by atoms with E-state index in [1.54, 1.807) is 9.47 Å². The quantitative estimate of drug-likeness (QED) is 0.615. The zero-order valence-corrected chi connectivity index (χ0v) is 20.6. The van der Waals surface area contributed by atoms with Gasteiger partial charge in [-0.25, -0.2) is 9.18 Å². The topological polar surface area (TPSA) is 118 Å². The summed E-state index contributed by atoms with van der Waals surface area (Å²) in [5.74, 6) is -1.63. The minimum absolute atomic E-state index is 0.0172.